The molecular weight excluding hydrogens is 408 g/mol. The van der Waals surface area contributed by atoms with Crippen LogP contribution in [0.15, 0.2) is 72.8 Å². The molecular formula is C29H34N2O2. The Labute approximate surface area is 197 Å². The predicted octanol–water partition coefficient (Wildman–Crippen LogP) is 5.74. The summed E-state index contributed by atoms with van der Waals surface area (Å²) in [6, 6.07) is 24.1. The highest BCUT2D eigenvalue weighted by Crippen LogP contribution is 2.22. The van der Waals surface area contributed by atoms with E-state index in [9.17, 15) is 9.59 Å². The van der Waals surface area contributed by atoms with Crippen LogP contribution in [0.3, 0.4) is 0 Å². The number of rotatable bonds is 9. The van der Waals surface area contributed by atoms with Crippen LogP contribution in [-0.4, -0.2) is 11.8 Å². The normalized spacial score (nSPS) is 10.8. The molecule has 0 bridgehead atoms. The van der Waals surface area contributed by atoms with Gasteiger partial charge >= 0.3 is 0 Å². The molecule has 0 atom stereocenters. The molecule has 0 aliphatic heterocycles. The largest absolute Gasteiger partial charge is 0.352 e. The molecule has 4 heteroatoms. The first-order chi connectivity index (χ1) is 15.8. The van der Waals surface area contributed by atoms with Crippen LogP contribution in [0, 0.1) is 19.8 Å². The average molecular weight is 443 g/mol. The smallest absolute Gasteiger partial charge is 0.227 e. The quantitative estimate of drug-likeness (QED) is 0.459. The zero-order valence-electron chi connectivity index (χ0n) is 20.1. The van der Waals surface area contributed by atoms with Crippen LogP contribution in [0.4, 0.5) is 5.69 Å². The van der Waals surface area contributed by atoms with Crippen LogP contribution in [-0.2, 0) is 29.1 Å². The molecule has 3 rings (SSSR count). The minimum Gasteiger partial charge on any atom is -0.352 e. The minimum atomic E-state index is -0.0350. The average Bonchev–Trinajstić information content (AvgIpc) is 2.77. The number of nitrogens with one attached hydrogen (secondary N) is 1. The summed E-state index contributed by atoms with van der Waals surface area (Å²) in [7, 11) is 0. The molecule has 3 aromatic carbocycles. The SMILES string of the molecule is Cc1ccc(CN(C(=O)CC(C)C)c2cccc(CC(=O)NCc3cccc(C)c3)c2)cc1. The molecule has 0 radical (unpaired) electrons. The van der Waals surface area contributed by atoms with Gasteiger partial charge < -0.3 is 10.2 Å². The van der Waals surface area contributed by atoms with Gasteiger partial charge in [0.05, 0.1) is 13.0 Å². The Morgan fingerprint density at radius 2 is 1.52 bits per heavy atom. The fourth-order valence-electron chi connectivity index (χ4n) is 3.76. The third kappa shape index (κ3) is 7.60. The number of hydrogen-bond acceptors (Lipinski definition) is 2. The van der Waals surface area contributed by atoms with Crippen molar-refractivity contribution in [2.75, 3.05) is 4.90 Å². The van der Waals surface area contributed by atoms with Gasteiger partial charge in [-0.3, -0.25) is 9.59 Å². The van der Waals surface area contributed by atoms with Crippen molar-refractivity contribution in [3.8, 4) is 0 Å². The molecule has 0 heterocycles. The van der Waals surface area contributed by atoms with Crippen molar-refractivity contribution in [3.05, 3.63) is 101 Å². The molecule has 0 saturated heterocycles. The zero-order chi connectivity index (χ0) is 23.8. The molecule has 1 N–H and O–H groups in total. The number of carbonyl (C=O) groups is 2. The van der Waals surface area contributed by atoms with Gasteiger partial charge in [-0.1, -0.05) is 85.6 Å². The number of amides is 2. The molecule has 0 aromatic heterocycles. The number of hydrogen-bond donors (Lipinski definition) is 1. The molecule has 0 saturated carbocycles. The molecule has 4 nitrogen and oxygen atoms in total. The second kappa shape index (κ2) is 11.5. The third-order valence-corrected chi connectivity index (χ3v) is 5.50. The summed E-state index contributed by atoms with van der Waals surface area (Å²) in [5.41, 5.74) is 6.25. The second-order valence-corrected chi connectivity index (χ2v) is 9.18. The van der Waals surface area contributed by atoms with Crippen molar-refractivity contribution in [2.45, 2.75) is 53.6 Å². The standard InChI is InChI=1S/C29H34N2O2/c1-21(2)15-29(33)31(20-24-13-11-22(3)12-14-24)27-10-6-8-25(17-27)18-28(32)30-19-26-9-5-7-23(4)16-26/h5-14,16-17,21H,15,18-20H2,1-4H3,(H,30,32). The van der Waals surface area contributed by atoms with Crippen molar-refractivity contribution in [2.24, 2.45) is 5.92 Å². The van der Waals surface area contributed by atoms with E-state index in [0.717, 1.165) is 22.4 Å². The summed E-state index contributed by atoms with van der Waals surface area (Å²) in [6.07, 6.45) is 0.753. The molecule has 3 aromatic rings. The Morgan fingerprint density at radius 3 is 2.21 bits per heavy atom. The van der Waals surface area contributed by atoms with Crippen LogP contribution in [0.25, 0.3) is 0 Å². The van der Waals surface area contributed by atoms with Crippen molar-refractivity contribution >= 4 is 17.5 Å². The Bertz CT molecular complexity index is 1090. The summed E-state index contributed by atoms with van der Waals surface area (Å²) in [5.74, 6) is 0.326. The van der Waals surface area contributed by atoms with Gasteiger partial charge in [0.15, 0.2) is 0 Å². The van der Waals surface area contributed by atoms with E-state index >= 15 is 0 Å². The predicted molar refractivity (Wildman–Crippen MR) is 135 cm³/mol. The first-order valence-electron chi connectivity index (χ1n) is 11.6. The van der Waals surface area contributed by atoms with Crippen LogP contribution in [0.5, 0.6) is 0 Å². The van der Waals surface area contributed by atoms with E-state index in [1.54, 1.807) is 0 Å². The number of anilines is 1. The topological polar surface area (TPSA) is 49.4 Å². The van der Waals surface area contributed by atoms with E-state index in [1.165, 1.54) is 11.1 Å². The third-order valence-electron chi connectivity index (χ3n) is 5.50. The van der Waals surface area contributed by atoms with Crippen molar-refractivity contribution in [1.29, 1.82) is 0 Å². The van der Waals surface area contributed by atoms with Gasteiger partial charge in [-0.2, -0.15) is 0 Å². The van der Waals surface area contributed by atoms with Gasteiger partial charge in [0.25, 0.3) is 0 Å². The fraction of sp³-hybridized carbons (Fsp3) is 0.310. The Morgan fingerprint density at radius 1 is 0.818 bits per heavy atom. The summed E-state index contributed by atoms with van der Waals surface area (Å²) in [5, 5.41) is 3.00. The van der Waals surface area contributed by atoms with E-state index in [2.05, 4.69) is 56.4 Å². The highest BCUT2D eigenvalue weighted by atomic mass is 16.2. The molecule has 0 spiro atoms. The fourth-order valence-corrected chi connectivity index (χ4v) is 3.76. The summed E-state index contributed by atoms with van der Waals surface area (Å²) in [4.78, 5) is 27.5. The molecule has 0 unspecified atom stereocenters. The summed E-state index contributed by atoms with van der Waals surface area (Å²) < 4.78 is 0. The highest BCUT2D eigenvalue weighted by molar-refractivity contribution is 5.93. The Balaban J connectivity index is 1.72. The van der Waals surface area contributed by atoms with E-state index in [0.29, 0.717) is 19.5 Å². The van der Waals surface area contributed by atoms with Gasteiger partial charge in [0.1, 0.15) is 0 Å². The van der Waals surface area contributed by atoms with Crippen molar-refractivity contribution in [3.63, 3.8) is 0 Å². The first-order valence-corrected chi connectivity index (χ1v) is 11.6. The van der Waals surface area contributed by atoms with E-state index < -0.39 is 0 Å². The maximum atomic E-state index is 13.1. The van der Waals surface area contributed by atoms with Gasteiger partial charge in [-0.05, 0) is 48.6 Å². The maximum Gasteiger partial charge on any atom is 0.227 e. The van der Waals surface area contributed by atoms with E-state index in [1.807, 2.05) is 54.3 Å². The molecule has 0 fully saturated rings. The number of benzene rings is 3. The van der Waals surface area contributed by atoms with Crippen LogP contribution in [0.2, 0.25) is 0 Å². The van der Waals surface area contributed by atoms with Crippen LogP contribution >= 0.6 is 0 Å². The molecule has 172 valence electrons. The lowest BCUT2D eigenvalue weighted by Gasteiger charge is -2.25. The van der Waals surface area contributed by atoms with Crippen molar-refractivity contribution in [1.82, 2.24) is 5.32 Å². The molecule has 0 aliphatic carbocycles. The van der Waals surface area contributed by atoms with Gasteiger partial charge in [0, 0.05) is 18.7 Å². The van der Waals surface area contributed by atoms with Gasteiger partial charge in [-0.15, -0.1) is 0 Å². The lowest BCUT2D eigenvalue weighted by atomic mass is 10.1. The number of carbonyl (C=O) groups excluding carboxylic acids is 2. The van der Waals surface area contributed by atoms with E-state index in [4.69, 9.17) is 0 Å². The second-order valence-electron chi connectivity index (χ2n) is 9.18. The lowest BCUT2D eigenvalue weighted by Crippen LogP contribution is -2.31. The lowest BCUT2D eigenvalue weighted by molar-refractivity contribution is -0.120. The monoisotopic (exact) mass is 442 g/mol. The molecule has 2 amide bonds. The number of aryl methyl sites for hydroxylation is 2. The Kier molecular flexibility index (Phi) is 8.42. The van der Waals surface area contributed by atoms with Crippen LogP contribution < -0.4 is 10.2 Å². The van der Waals surface area contributed by atoms with Crippen LogP contribution in [0.1, 0.15) is 48.1 Å². The Hall–Kier alpha value is -3.40. The highest BCUT2D eigenvalue weighted by Gasteiger charge is 2.18. The number of nitrogens with zero attached hydrogens (tertiary/aromatic N) is 1. The van der Waals surface area contributed by atoms with Crippen molar-refractivity contribution < 1.29 is 9.59 Å². The summed E-state index contributed by atoms with van der Waals surface area (Å²) in [6.45, 7) is 9.22. The molecule has 0 aliphatic rings. The molecule has 33 heavy (non-hydrogen) atoms. The first kappa shape index (κ1) is 24.2. The minimum absolute atomic E-state index is 0.0350. The maximum absolute atomic E-state index is 13.1. The van der Waals surface area contributed by atoms with Gasteiger partial charge in [-0.25, -0.2) is 0 Å². The zero-order valence-corrected chi connectivity index (χ0v) is 20.1. The summed E-state index contributed by atoms with van der Waals surface area (Å²) >= 11 is 0. The van der Waals surface area contributed by atoms with E-state index in [-0.39, 0.29) is 24.2 Å². The van der Waals surface area contributed by atoms with Gasteiger partial charge in [0.2, 0.25) is 11.8 Å².